The maximum Gasteiger partial charge on any atom is 0.315 e. The van der Waals surface area contributed by atoms with Gasteiger partial charge in [0.15, 0.2) is 11.5 Å². The van der Waals surface area contributed by atoms with E-state index in [1.54, 1.807) is 33.3 Å². The third kappa shape index (κ3) is 8.37. The number of nitrogens with zero attached hydrogens (tertiary/aromatic N) is 1. The molecule has 29 heavy (non-hydrogen) atoms. The van der Waals surface area contributed by atoms with Crippen LogP contribution < -0.4 is 9.47 Å². The van der Waals surface area contributed by atoms with Crippen molar-refractivity contribution < 1.29 is 28.6 Å². The first-order valence-electron chi connectivity index (χ1n) is 9.66. The van der Waals surface area contributed by atoms with Gasteiger partial charge < -0.3 is 14.2 Å². The predicted molar refractivity (Wildman–Crippen MR) is 110 cm³/mol. The van der Waals surface area contributed by atoms with E-state index in [1.165, 1.54) is 0 Å². The van der Waals surface area contributed by atoms with Crippen molar-refractivity contribution in [3.63, 3.8) is 0 Å². The summed E-state index contributed by atoms with van der Waals surface area (Å²) in [6, 6.07) is 5.42. The molecule has 0 unspecified atom stereocenters. The summed E-state index contributed by atoms with van der Waals surface area (Å²) < 4.78 is 15.3. The highest BCUT2D eigenvalue weighted by molar-refractivity contribution is 6.02. The average Bonchev–Trinajstić information content (AvgIpc) is 2.67. The first-order valence-corrected chi connectivity index (χ1v) is 9.66. The number of ether oxygens (including phenoxy) is 3. The number of methoxy groups -OCH3 is 2. The van der Waals surface area contributed by atoms with E-state index in [0.717, 1.165) is 16.0 Å². The van der Waals surface area contributed by atoms with Crippen molar-refractivity contribution in [2.75, 3.05) is 27.4 Å². The number of carbonyl (C=O) groups is 3. The quantitative estimate of drug-likeness (QED) is 0.301. The van der Waals surface area contributed by atoms with E-state index in [2.05, 4.69) is 6.58 Å². The summed E-state index contributed by atoms with van der Waals surface area (Å²) in [5.41, 5.74) is 1.86. The van der Waals surface area contributed by atoms with Crippen molar-refractivity contribution in [1.29, 1.82) is 0 Å². The van der Waals surface area contributed by atoms with Crippen molar-refractivity contribution in [3.8, 4) is 11.5 Å². The highest BCUT2D eigenvalue weighted by Gasteiger charge is 2.24. The Bertz CT molecular complexity index is 728. The largest absolute Gasteiger partial charge is 0.493 e. The van der Waals surface area contributed by atoms with Crippen LogP contribution in [-0.2, 0) is 25.5 Å². The first kappa shape index (κ1) is 24.2. The Hall–Kier alpha value is -2.83. The van der Waals surface area contributed by atoms with Gasteiger partial charge in [-0.2, -0.15) is 0 Å². The fourth-order valence-corrected chi connectivity index (χ4v) is 2.77. The van der Waals surface area contributed by atoms with Crippen molar-refractivity contribution in [2.45, 2.75) is 46.0 Å². The molecule has 0 radical (unpaired) electrons. The summed E-state index contributed by atoms with van der Waals surface area (Å²) in [5.74, 6) is -0.321. The fraction of sp³-hybridized carbons (Fsp3) is 0.500. The van der Waals surface area contributed by atoms with Crippen LogP contribution in [0.15, 0.2) is 30.4 Å². The van der Waals surface area contributed by atoms with Gasteiger partial charge in [-0.15, -0.1) is 6.58 Å². The molecule has 160 valence electrons. The zero-order valence-electron chi connectivity index (χ0n) is 17.8. The van der Waals surface area contributed by atoms with Crippen LogP contribution in [0, 0.1) is 0 Å². The van der Waals surface area contributed by atoms with Crippen LogP contribution in [-0.4, -0.2) is 50.1 Å². The molecule has 0 heterocycles. The van der Waals surface area contributed by atoms with Crippen LogP contribution in [0.1, 0.15) is 45.1 Å². The molecule has 0 saturated carbocycles. The summed E-state index contributed by atoms with van der Waals surface area (Å²) in [6.07, 6.45) is 1.51. The lowest BCUT2D eigenvalue weighted by molar-refractivity contribution is -0.151. The van der Waals surface area contributed by atoms with Crippen LogP contribution in [0.25, 0.3) is 0 Å². The Morgan fingerprint density at radius 3 is 2.31 bits per heavy atom. The molecular weight excluding hydrogens is 374 g/mol. The van der Waals surface area contributed by atoms with Gasteiger partial charge in [-0.05, 0) is 50.8 Å². The number of benzene rings is 1. The van der Waals surface area contributed by atoms with Gasteiger partial charge in [-0.1, -0.05) is 11.6 Å². The van der Waals surface area contributed by atoms with Gasteiger partial charge in [0.1, 0.15) is 6.42 Å². The van der Waals surface area contributed by atoms with Gasteiger partial charge in [-0.3, -0.25) is 19.3 Å². The van der Waals surface area contributed by atoms with Crippen molar-refractivity contribution in [2.24, 2.45) is 0 Å². The lowest BCUT2D eigenvalue weighted by Gasteiger charge is -2.21. The lowest BCUT2D eigenvalue weighted by Crippen LogP contribution is -2.39. The molecule has 2 amide bonds. The maximum atomic E-state index is 12.6. The second kappa shape index (κ2) is 12.6. The minimum atomic E-state index is -0.636. The van der Waals surface area contributed by atoms with Crippen molar-refractivity contribution in [1.82, 2.24) is 4.90 Å². The van der Waals surface area contributed by atoms with E-state index < -0.39 is 18.3 Å². The van der Waals surface area contributed by atoms with Crippen LogP contribution in [0.2, 0.25) is 0 Å². The topological polar surface area (TPSA) is 82.1 Å². The molecule has 0 aliphatic carbocycles. The smallest absolute Gasteiger partial charge is 0.315 e. The van der Waals surface area contributed by atoms with E-state index in [0.29, 0.717) is 30.8 Å². The number of rotatable bonds is 12. The molecular formula is C22H31NO6. The molecule has 0 fully saturated rings. The van der Waals surface area contributed by atoms with Crippen molar-refractivity contribution in [3.05, 3.63) is 35.9 Å². The molecule has 1 aromatic carbocycles. The monoisotopic (exact) mass is 405 g/mol. The molecule has 1 rings (SSSR count). The van der Waals surface area contributed by atoms with Gasteiger partial charge in [0.25, 0.3) is 0 Å². The zero-order chi connectivity index (χ0) is 21.8. The molecule has 0 aliphatic rings. The summed E-state index contributed by atoms with van der Waals surface area (Å²) in [5, 5.41) is 0. The number of imide groups is 1. The standard InChI is InChI=1S/C22H31NO6/c1-6-29-22(26)15-21(25)23(20(24)9-7-8-16(2)3)13-12-17-10-11-18(27-4)19(14-17)28-5/h10-11,14H,2,6-9,12-13,15H2,1,3-5H3. The maximum absolute atomic E-state index is 12.6. The SMILES string of the molecule is C=C(C)CCCC(=O)N(CCc1ccc(OC)c(OC)c1)C(=O)CC(=O)OCC. The number of carbonyl (C=O) groups excluding carboxylic acids is 3. The lowest BCUT2D eigenvalue weighted by atomic mass is 10.1. The molecule has 0 aromatic heterocycles. The third-order valence-electron chi connectivity index (χ3n) is 4.27. The van der Waals surface area contributed by atoms with Crippen LogP contribution >= 0.6 is 0 Å². The molecule has 7 heteroatoms. The highest BCUT2D eigenvalue weighted by Crippen LogP contribution is 2.27. The van der Waals surface area contributed by atoms with E-state index in [9.17, 15) is 14.4 Å². The van der Waals surface area contributed by atoms with Gasteiger partial charge in [0.05, 0.1) is 20.8 Å². The minimum Gasteiger partial charge on any atom is -0.493 e. The van der Waals surface area contributed by atoms with Crippen molar-refractivity contribution >= 4 is 17.8 Å². The molecule has 0 atom stereocenters. The second-order valence-corrected chi connectivity index (χ2v) is 6.67. The average molecular weight is 405 g/mol. The van der Waals surface area contributed by atoms with Gasteiger partial charge in [0.2, 0.25) is 11.8 Å². The van der Waals surface area contributed by atoms with E-state index in [-0.39, 0.29) is 25.5 Å². The third-order valence-corrected chi connectivity index (χ3v) is 4.27. The summed E-state index contributed by atoms with van der Waals surface area (Å²) in [6.45, 7) is 7.73. The summed E-state index contributed by atoms with van der Waals surface area (Å²) in [7, 11) is 3.10. The molecule has 0 saturated heterocycles. The predicted octanol–water partition coefficient (Wildman–Crippen LogP) is 3.30. The number of hydrogen-bond acceptors (Lipinski definition) is 6. The number of allylic oxidation sites excluding steroid dienone is 1. The van der Waals surface area contributed by atoms with Gasteiger partial charge in [-0.25, -0.2) is 0 Å². The van der Waals surface area contributed by atoms with Crippen LogP contribution in [0.5, 0.6) is 11.5 Å². The number of esters is 1. The Morgan fingerprint density at radius 2 is 1.72 bits per heavy atom. The highest BCUT2D eigenvalue weighted by atomic mass is 16.5. The van der Waals surface area contributed by atoms with Gasteiger partial charge >= 0.3 is 5.97 Å². The number of hydrogen-bond donors (Lipinski definition) is 0. The van der Waals surface area contributed by atoms with E-state index >= 15 is 0 Å². The Balaban J connectivity index is 2.86. The van der Waals surface area contributed by atoms with E-state index in [1.807, 2.05) is 13.0 Å². The Labute approximate surface area is 172 Å². The fourth-order valence-electron chi connectivity index (χ4n) is 2.77. The Morgan fingerprint density at radius 1 is 1.03 bits per heavy atom. The first-order chi connectivity index (χ1) is 13.8. The van der Waals surface area contributed by atoms with Gasteiger partial charge in [0, 0.05) is 13.0 Å². The summed E-state index contributed by atoms with van der Waals surface area (Å²) in [4.78, 5) is 38.0. The molecule has 0 spiro atoms. The van der Waals surface area contributed by atoms with Crippen LogP contribution in [0.3, 0.4) is 0 Å². The normalized spacial score (nSPS) is 10.2. The van der Waals surface area contributed by atoms with E-state index in [4.69, 9.17) is 14.2 Å². The summed E-state index contributed by atoms with van der Waals surface area (Å²) >= 11 is 0. The number of amides is 2. The Kier molecular flexibility index (Phi) is 10.5. The molecule has 0 bridgehead atoms. The second-order valence-electron chi connectivity index (χ2n) is 6.67. The molecule has 0 aliphatic heterocycles. The van der Waals surface area contributed by atoms with Crippen LogP contribution in [0.4, 0.5) is 0 Å². The minimum absolute atomic E-state index is 0.166. The molecule has 1 aromatic rings. The molecule has 0 N–H and O–H groups in total. The zero-order valence-corrected chi connectivity index (χ0v) is 17.8. The molecule has 7 nitrogen and oxygen atoms in total.